The lowest BCUT2D eigenvalue weighted by atomic mass is 9.96. The Morgan fingerprint density at radius 1 is 0.886 bits per heavy atom. The number of aromatic nitrogens is 1. The Labute approximate surface area is 214 Å². The fourth-order valence-electron chi connectivity index (χ4n) is 4.58. The molecule has 0 spiro atoms. The van der Waals surface area contributed by atoms with Gasteiger partial charge in [-0.15, -0.1) is 0 Å². The number of hydrogen-bond acceptors (Lipinski definition) is 2. The van der Waals surface area contributed by atoms with E-state index >= 15 is 0 Å². The van der Waals surface area contributed by atoms with Gasteiger partial charge in [0.05, 0.1) is 0 Å². The van der Waals surface area contributed by atoms with E-state index in [1.165, 1.54) is 16.3 Å². The van der Waals surface area contributed by atoms with Crippen LogP contribution in [0.4, 0.5) is 0 Å². The average molecular weight is 502 g/mol. The quantitative estimate of drug-likeness (QED) is 0.264. The topological polar surface area (TPSA) is 60.0 Å². The van der Waals surface area contributed by atoms with Crippen molar-refractivity contribution in [2.75, 3.05) is 6.54 Å². The van der Waals surface area contributed by atoms with Gasteiger partial charge in [0, 0.05) is 33.7 Å². The van der Waals surface area contributed by atoms with Crippen molar-refractivity contribution in [3.63, 3.8) is 0 Å². The van der Waals surface area contributed by atoms with Gasteiger partial charge in [-0.2, -0.15) is 0 Å². The smallest absolute Gasteiger partial charge is 0.240 e. The van der Waals surface area contributed by atoms with E-state index in [0.717, 1.165) is 34.0 Å². The zero-order valence-electron chi connectivity index (χ0n) is 19.1. The zero-order chi connectivity index (χ0) is 24.4. The van der Waals surface area contributed by atoms with Crippen molar-refractivity contribution in [1.29, 1.82) is 0 Å². The van der Waals surface area contributed by atoms with Crippen molar-refractivity contribution in [1.82, 2.24) is 9.88 Å². The molecule has 1 amide bonds. The third-order valence-corrected chi connectivity index (χ3v) is 6.88. The van der Waals surface area contributed by atoms with Crippen LogP contribution in [0.1, 0.15) is 11.1 Å². The lowest BCUT2D eigenvalue weighted by Crippen LogP contribution is -2.27. The van der Waals surface area contributed by atoms with Crippen LogP contribution in [0.3, 0.4) is 0 Å². The minimum Gasteiger partial charge on any atom is -0.350 e. The van der Waals surface area contributed by atoms with Crippen LogP contribution in [0, 0.1) is 0 Å². The largest absolute Gasteiger partial charge is 0.350 e. The Bertz CT molecular complexity index is 1540. The molecule has 1 aromatic heterocycles. The summed E-state index contributed by atoms with van der Waals surface area (Å²) in [5.41, 5.74) is 11.2. The first-order valence-electron chi connectivity index (χ1n) is 11.5. The minimum absolute atomic E-state index is 0.102. The van der Waals surface area contributed by atoms with E-state index in [2.05, 4.69) is 66.0 Å². The van der Waals surface area contributed by atoms with Crippen LogP contribution < -0.4 is 11.1 Å². The molecule has 0 saturated heterocycles. The van der Waals surface area contributed by atoms with E-state index in [-0.39, 0.29) is 12.5 Å². The molecule has 35 heavy (non-hydrogen) atoms. The molecule has 0 aliphatic rings. The fraction of sp³-hybridized carbons (Fsp3) is 0.138. The molecule has 0 radical (unpaired) electrons. The highest BCUT2D eigenvalue weighted by Gasteiger charge is 2.14. The third kappa shape index (κ3) is 4.92. The maximum atomic E-state index is 12.8. The second kappa shape index (κ2) is 10.1. The van der Waals surface area contributed by atoms with Gasteiger partial charge < -0.3 is 15.6 Å². The molecule has 4 aromatic carbocycles. The first-order valence-corrected chi connectivity index (χ1v) is 12.3. The van der Waals surface area contributed by atoms with Gasteiger partial charge in [-0.3, -0.25) is 4.79 Å². The van der Waals surface area contributed by atoms with E-state index < -0.39 is 0 Å². The van der Waals surface area contributed by atoms with Gasteiger partial charge >= 0.3 is 0 Å². The molecule has 0 aliphatic carbocycles. The van der Waals surface area contributed by atoms with E-state index in [1.54, 1.807) is 18.2 Å². The number of carbonyl (C=O) groups excluding carboxylic acids is 1. The summed E-state index contributed by atoms with van der Waals surface area (Å²) in [4.78, 5) is 12.8. The molecule has 0 aliphatic heterocycles. The lowest BCUT2D eigenvalue weighted by molar-refractivity contribution is -0.121. The first-order chi connectivity index (χ1) is 17.0. The molecule has 4 nitrogen and oxygen atoms in total. The SMILES string of the molecule is NCCc1cn(CC(=O)NCc2cc(Cl)ccc2Cl)c2ccc(-c3cccc4ccccc34)cc12. The summed E-state index contributed by atoms with van der Waals surface area (Å²) in [6, 6.07) is 26.4. The Hall–Kier alpha value is -3.31. The first kappa shape index (κ1) is 23.4. The van der Waals surface area contributed by atoms with Crippen LogP contribution in [0.2, 0.25) is 10.0 Å². The molecule has 3 N–H and O–H groups in total. The highest BCUT2D eigenvalue weighted by atomic mass is 35.5. The Kier molecular flexibility index (Phi) is 6.78. The molecule has 176 valence electrons. The van der Waals surface area contributed by atoms with Crippen molar-refractivity contribution in [2.45, 2.75) is 19.5 Å². The molecular weight excluding hydrogens is 477 g/mol. The molecule has 0 atom stereocenters. The van der Waals surface area contributed by atoms with E-state index in [0.29, 0.717) is 23.1 Å². The Morgan fingerprint density at radius 2 is 1.71 bits per heavy atom. The second-order valence-electron chi connectivity index (χ2n) is 8.59. The predicted octanol–water partition coefficient (Wildman–Crippen LogP) is 6.59. The maximum Gasteiger partial charge on any atom is 0.240 e. The van der Waals surface area contributed by atoms with Crippen LogP contribution in [0.15, 0.2) is 85.1 Å². The predicted molar refractivity (Wildman–Crippen MR) is 146 cm³/mol. The fourth-order valence-corrected chi connectivity index (χ4v) is 4.96. The number of carbonyl (C=O) groups is 1. The van der Waals surface area contributed by atoms with Crippen molar-refractivity contribution in [3.05, 3.63) is 106 Å². The monoisotopic (exact) mass is 501 g/mol. The number of nitrogens with one attached hydrogen (secondary N) is 1. The normalized spacial score (nSPS) is 11.3. The number of halogens is 2. The molecule has 0 fully saturated rings. The number of amides is 1. The van der Waals surface area contributed by atoms with Gasteiger partial charge in [0.2, 0.25) is 5.91 Å². The summed E-state index contributed by atoms with van der Waals surface area (Å²) in [6.45, 7) is 1.06. The van der Waals surface area contributed by atoms with Crippen molar-refractivity contribution in [3.8, 4) is 11.1 Å². The molecule has 0 unspecified atom stereocenters. The number of benzene rings is 4. The maximum absolute atomic E-state index is 12.8. The molecule has 1 heterocycles. The molecule has 5 rings (SSSR count). The summed E-state index contributed by atoms with van der Waals surface area (Å²) >= 11 is 12.3. The second-order valence-corrected chi connectivity index (χ2v) is 9.44. The van der Waals surface area contributed by atoms with Crippen LogP contribution in [-0.2, 0) is 24.3 Å². The van der Waals surface area contributed by atoms with Gasteiger partial charge in [-0.1, -0.05) is 71.7 Å². The van der Waals surface area contributed by atoms with Gasteiger partial charge in [0.1, 0.15) is 6.54 Å². The zero-order valence-corrected chi connectivity index (χ0v) is 20.6. The van der Waals surface area contributed by atoms with Crippen LogP contribution >= 0.6 is 23.2 Å². The number of nitrogens with zero attached hydrogens (tertiary/aromatic N) is 1. The van der Waals surface area contributed by atoms with Gasteiger partial charge in [0.15, 0.2) is 0 Å². The molecule has 0 saturated carbocycles. The summed E-state index contributed by atoms with van der Waals surface area (Å²) in [5, 5.41) is 7.66. The lowest BCUT2D eigenvalue weighted by Gasteiger charge is -2.10. The number of fused-ring (bicyclic) bond motifs is 2. The molecule has 6 heteroatoms. The van der Waals surface area contributed by atoms with E-state index in [4.69, 9.17) is 28.9 Å². The summed E-state index contributed by atoms with van der Waals surface area (Å²) < 4.78 is 1.99. The average Bonchev–Trinajstić information content (AvgIpc) is 3.20. The standard InChI is InChI=1S/C29H25Cl2N3O/c30-23-9-10-27(31)22(14-23)16-33-29(35)18-34-17-21(12-13-32)26-15-20(8-11-28(26)34)25-7-3-5-19-4-1-2-6-24(19)25/h1-11,14-15,17H,12-13,16,18,32H2,(H,33,35). The number of nitrogens with two attached hydrogens (primary N) is 1. The number of hydrogen-bond donors (Lipinski definition) is 2. The van der Waals surface area contributed by atoms with Crippen LogP contribution in [-0.4, -0.2) is 17.0 Å². The molecular formula is C29H25Cl2N3O. The highest BCUT2D eigenvalue weighted by molar-refractivity contribution is 6.33. The van der Waals surface area contributed by atoms with Gasteiger partial charge in [-0.05, 0) is 76.3 Å². The Morgan fingerprint density at radius 3 is 2.57 bits per heavy atom. The molecule has 5 aromatic rings. The van der Waals surface area contributed by atoms with Crippen LogP contribution in [0.25, 0.3) is 32.8 Å². The number of rotatable bonds is 7. The summed E-state index contributed by atoms with van der Waals surface area (Å²) in [5.74, 6) is -0.102. The summed E-state index contributed by atoms with van der Waals surface area (Å²) in [7, 11) is 0. The van der Waals surface area contributed by atoms with Crippen molar-refractivity contribution >= 4 is 50.8 Å². The van der Waals surface area contributed by atoms with Gasteiger partial charge in [0.25, 0.3) is 0 Å². The minimum atomic E-state index is -0.102. The van der Waals surface area contributed by atoms with Crippen molar-refractivity contribution < 1.29 is 4.79 Å². The summed E-state index contributed by atoms with van der Waals surface area (Å²) in [6.07, 6.45) is 2.78. The van der Waals surface area contributed by atoms with Gasteiger partial charge in [-0.25, -0.2) is 0 Å². The van der Waals surface area contributed by atoms with Crippen molar-refractivity contribution in [2.24, 2.45) is 5.73 Å². The van der Waals surface area contributed by atoms with Crippen LogP contribution in [0.5, 0.6) is 0 Å². The van der Waals surface area contributed by atoms with E-state index in [9.17, 15) is 4.79 Å². The third-order valence-electron chi connectivity index (χ3n) is 6.28. The highest BCUT2D eigenvalue weighted by Crippen LogP contribution is 2.32. The van der Waals surface area contributed by atoms with E-state index in [1.807, 2.05) is 10.8 Å². The molecule has 0 bridgehead atoms. The Balaban J connectivity index is 1.44.